The van der Waals surface area contributed by atoms with Crippen LogP contribution in [0.4, 0.5) is 0 Å². The second kappa shape index (κ2) is 2.96. The molecule has 0 aliphatic carbocycles. The zero-order valence-corrected chi connectivity index (χ0v) is 6.63. The first-order valence-corrected chi connectivity index (χ1v) is 3.14. The molecule has 0 saturated carbocycles. The van der Waals surface area contributed by atoms with Gasteiger partial charge in [0, 0.05) is 6.92 Å². The second-order valence-corrected chi connectivity index (χ2v) is 2.14. The van der Waals surface area contributed by atoms with Crippen molar-refractivity contribution in [2.75, 3.05) is 0 Å². The summed E-state index contributed by atoms with van der Waals surface area (Å²) in [7, 11) is 1.57. The molecule has 0 radical (unpaired) electrons. The van der Waals surface area contributed by atoms with Crippen LogP contribution in [0.15, 0.2) is 5.76 Å². The molecule has 1 aromatic rings. The van der Waals surface area contributed by atoms with Gasteiger partial charge in [-0.3, -0.25) is 0 Å². The number of tetrazole rings is 1. The number of hydrogen-bond donors (Lipinski definition) is 1. The van der Waals surface area contributed by atoms with Crippen LogP contribution in [-0.4, -0.2) is 25.3 Å². The molecular formula is C5H7N6O+. The fourth-order valence-corrected chi connectivity index (χ4v) is 0.658. The van der Waals surface area contributed by atoms with E-state index in [4.69, 9.17) is 10.5 Å². The van der Waals surface area contributed by atoms with Crippen molar-refractivity contribution < 1.29 is 5.11 Å². The fraction of sp³-hybridized carbons (Fsp3) is 0.400. The van der Waals surface area contributed by atoms with Crippen LogP contribution in [0.5, 0.6) is 0 Å². The van der Waals surface area contributed by atoms with Crippen molar-refractivity contribution in [3.63, 3.8) is 0 Å². The lowest BCUT2D eigenvalue weighted by molar-refractivity contribution is 0.417. The molecule has 0 saturated heterocycles. The molecule has 62 valence electrons. The van der Waals surface area contributed by atoms with E-state index in [0.717, 1.165) is 0 Å². The Morgan fingerprint density at radius 2 is 2.33 bits per heavy atom. The number of aliphatic hydroxyl groups excluding tert-OH is 1. The van der Waals surface area contributed by atoms with Crippen molar-refractivity contribution in [1.82, 2.24) is 20.2 Å². The van der Waals surface area contributed by atoms with Crippen LogP contribution in [0.3, 0.4) is 0 Å². The van der Waals surface area contributed by atoms with Crippen LogP contribution in [0.2, 0.25) is 0 Å². The molecule has 0 spiro atoms. The van der Waals surface area contributed by atoms with Crippen LogP contribution >= 0.6 is 0 Å². The average molecular weight is 167 g/mol. The Balaban J connectivity index is 3.15. The topological polar surface area (TPSA) is 92.0 Å². The van der Waals surface area contributed by atoms with Crippen LogP contribution in [0, 0.1) is 5.39 Å². The predicted molar refractivity (Wildman–Crippen MR) is 39.1 cm³/mol. The van der Waals surface area contributed by atoms with E-state index in [9.17, 15) is 0 Å². The number of hydrogen-bond acceptors (Lipinski definition) is 5. The molecule has 0 aliphatic heterocycles. The molecule has 0 aromatic carbocycles. The Kier molecular flexibility index (Phi) is 2.00. The molecular weight excluding hydrogens is 160 g/mol. The van der Waals surface area contributed by atoms with E-state index < -0.39 is 0 Å². The summed E-state index contributed by atoms with van der Waals surface area (Å²) in [4.78, 5) is 4.02. The van der Waals surface area contributed by atoms with Crippen molar-refractivity contribution in [3.8, 4) is 0 Å². The SMILES string of the molecule is C/C(O)=C(\[N+]#N)c1nnn(C)n1. The standard InChI is InChI=1S/C5H6N6O/c1-3(12)4(7-6)5-8-10-11(2)9-5/h1-2H3/p+1. The van der Waals surface area contributed by atoms with Crippen molar-refractivity contribution in [2.24, 2.45) is 7.05 Å². The maximum atomic E-state index is 8.98. The highest BCUT2D eigenvalue weighted by molar-refractivity contribution is 5.65. The second-order valence-electron chi connectivity index (χ2n) is 2.14. The molecule has 0 bridgehead atoms. The average Bonchev–Trinajstić information content (AvgIpc) is 2.37. The third kappa shape index (κ3) is 1.37. The van der Waals surface area contributed by atoms with Gasteiger partial charge in [0.1, 0.15) is 0 Å². The molecule has 7 nitrogen and oxygen atoms in total. The van der Waals surface area contributed by atoms with Gasteiger partial charge in [-0.15, -0.1) is 5.10 Å². The summed E-state index contributed by atoms with van der Waals surface area (Å²) < 4.78 is 0. The fourth-order valence-electron chi connectivity index (χ4n) is 0.658. The number of allylic oxidation sites excluding steroid dienone is 1. The number of aromatic nitrogens is 4. The summed E-state index contributed by atoms with van der Waals surface area (Å²) in [6, 6.07) is 0. The first kappa shape index (κ1) is 8.13. The van der Waals surface area contributed by atoms with E-state index in [0.29, 0.717) is 0 Å². The smallest absolute Gasteiger partial charge is 0.469 e. The van der Waals surface area contributed by atoms with Gasteiger partial charge in [0.2, 0.25) is 5.39 Å². The zero-order valence-electron chi connectivity index (χ0n) is 6.63. The van der Waals surface area contributed by atoms with Crippen LogP contribution in [0.25, 0.3) is 10.7 Å². The number of rotatable bonds is 1. The summed E-state index contributed by atoms with van der Waals surface area (Å²) in [6.45, 7) is 1.37. The number of diazo groups is 1. The summed E-state index contributed by atoms with van der Waals surface area (Å²) >= 11 is 0. The molecule has 12 heavy (non-hydrogen) atoms. The minimum absolute atomic E-state index is 0.0805. The number of aliphatic hydroxyl groups is 1. The summed E-state index contributed by atoms with van der Waals surface area (Å²) in [5.41, 5.74) is -0.0805. The van der Waals surface area contributed by atoms with E-state index in [1.165, 1.54) is 11.7 Å². The number of nitrogens with zero attached hydrogens (tertiary/aromatic N) is 6. The van der Waals surface area contributed by atoms with Gasteiger partial charge in [0.15, 0.2) is 10.7 Å². The van der Waals surface area contributed by atoms with Crippen molar-refractivity contribution in [3.05, 3.63) is 16.6 Å². The Morgan fingerprint density at radius 3 is 2.67 bits per heavy atom. The predicted octanol–water partition coefficient (Wildman–Crippen LogP) is 0.310. The monoisotopic (exact) mass is 167 g/mol. The van der Waals surface area contributed by atoms with Gasteiger partial charge >= 0.3 is 5.70 Å². The largest absolute Gasteiger partial charge is 0.505 e. The molecule has 0 fully saturated rings. The van der Waals surface area contributed by atoms with Crippen LogP contribution in [-0.2, 0) is 7.05 Å². The van der Waals surface area contributed by atoms with Gasteiger partial charge in [-0.2, -0.15) is 4.80 Å². The Bertz CT molecular complexity index is 354. The molecule has 1 rings (SSSR count). The molecule has 1 aromatic heterocycles. The first-order valence-electron chi connectivity index (χ1n) is 3.14. The lowest BCUT2D eigenvalue weighted by Crippen LogP contribution is -1.93. The molecule has 1 heterocycles. The van der Waals surface area contributed by atoms with Crippen molar-refractivity contribution in [1.29, 1.82) is 5.39 Å². The highest BCUT2D eigenvalue weighted by atomic mass is 16.3. The van der Waals surface area contributed by atoms with Gasteiger partial charge in [-0.1, -0.05) is 5.10 Å². The molecule has 0 atom stereocenters. The lowest BCUT2D eigenvalue weighted by atomic mass is 10.4. The van der Waals surface area contributed by atoms with Gasteiger partial charge in [0.05, 0.1) is 7.05 Å². The van der Waals surface area contributed by atoms with E-state index in [-0.39, 0.29) is 17.3 Å². The molecule has 1 N–H and O–H groups in total. The van der Waals surface area contributed by atoms with Gasteiger partial charge in [0.25, 0.3) is 5.82 Å². The number of aryl methyl sites for hydroxylation is 1. The third-order valence-electron chi connectivity index (χ3n) is 1.16. The maximum Gasteiger partial charge on any atom is 0.469 e. The van der Waals surface area contributed by atoms with Gasteiger partial charge in [-0.05, 0) is 5.21 Å². The van der Waals surface area contributed by atoms with Gasteiger partial charge < -0.3 is 5.11 Å². The van der Waals surface area contributed by atoms with Crippen molar-refractivity contribution in [2.45, 2.75) is 6.92 Å². The Hall–Kier alpha value is -1.97. The van der Waals surface area contributed by atoms with Gasteiger partial charge in [-0.25, -0.2) is 0 Å². The maximum absolute atomic E-state index is 8.98. The minimum atomic E-state index is -0.162. The normalized spacial score (nSPS) is 12.1. The summed E-state index contributed by atoms with van der Waals surface area (Å²) in [5.74, 6) is -0.0782. The van der Waals surface area contributed by atoms with E-state index in [1.54, 1.807) is 7.05 Å². The quantitative estimate of drug-likeness (QED) is 0.480. The van der Waals surface area contributed by atoms with E-state index in [1.807, 2.05) is 0 Å². The Labute approximate surface area is 67.9 Å². The summed E-state index contributed by atoms with van der Waals surface area (Å²) in [5, 5.41) is 28.2. The molecule has 0 amide bonds. The summed E-state index contributed by atoms with van der Waals surface area (Å²) in [6.07, 6.45) is 0. The van der Waals surface area contributed by atoms with Crippen LogP contribution in [0.1, 0.15) is 12.7 Å². The third-order valence-corrected chi connectivity index (χ3v) is 1.16. The van der Waals surface area contributed by atoms with Crippen molar-refractivity contribution >= 4 is 5.70 Å². The molecule has 0 unspecified atom stereocenters. The highest BCUT2D eigenvalue weighted by Gasteiger charge is 2.24. The van der Waals surface area contributed by atoms with E-state index in [2.05, 4.69) is 20.4 Å². The molecule has 0 aliphatic rings. The van der Waals surface area contributed by atoms with E-state index >= 15 is 0 Å². The highest BCUT2D eigenvalue weighted by Crippen LogP contribution is 2.12. The molecule has 7 heteroatoms. The zero-order chi connectivity index (χ0) is 9.14. The Morgan fingerprint density at radius 1 is 1.67 bits per heavy atom. The minimum Gasteiger partial charge on any atom is -0.505 e. The first-order chi connectivity index (χ1) is 5.65. The van der Waals surface area contributed by atoms with Crippen LogP contribution < -0.4 is 0 Å². The lowest BCUT2D eigenvalue weighted by Gasteiger charge is -1.79.